The molecule has 2 N–H and O–H groups in total. The second-order valence-electron chi connectivity index (χ2n) is 3.15. The second-order valence-corrected chi connectivity index (χ2v) is 3.15. The largest absolute Gasteiger partial charge is 0.498 e. The van der Waals surface area contributed by atoms with E-state index in [4.69, 9.17) is 14.9 Å². The third-order valence-electron chi connectivity index (χ3n) is 1.75. The summed E-state index contributed by atoms with van der Waals surface area (Å²) in [5.74, 6) is -1.59. The second kappa shape index (κ2) is 8.49. The van der Waals surface area contributed by atoms with Crippen molar-refractivity contribution >= 4 is 11.9 Å². The van der Waals surface area contributed by atoms with E-state index in [0.717, 1.165) is 12.3 Å². The highest BCUT2D eigenvalue weighted by atomic mass is 16.6. The van der Waals surface area contributed by atoms with E-state index in [1.807, 2.05) is 0 Å². The minimum absolute atomic E-state index is 0.151. The number of aliphatic hydroxyl groups excluding tert-OH is 2. The van der Waals surface area contributed by atoms with Crippen molar-refractivity contribution in [2.75, 3.05) is 13.2 Å². The number of aliphatic hydroxyl groups is 2. The summed E-state index contributed by atoms with van der Waals surface area (Å²) in [5.41, 5.74) is 0.323. The molecule has 0 aliphatic carbocycles. The maximum atomic E-state index is 11.1. The number of hydrogen-bond donors (Lipinski definition) is 2. The zero-order valence-corrected chi connectivity index (χ0v) is 9.75. The number of rotatable bonds is 6. The Labute approximate surface area is 99.1 Å². The van der Waals surface area contributed by atoms with Crippen molar-refractivity contribution in [3.05, 3.63) is 24.0 Å². The average molecular weight is 244 g/mol. The maximum absolute atomic E-state index is 11.1. The van der Waals surface area contributed by atoms with Crippen LogP contribution < -0.4 is 0 Å². The van der Waals surface area contributed by atoms with Gasteiger partial charge in [0, 0.05) is 5.57 Å². The molecular weight excluding hydrogens is 228 g/mol. The summed E-state index contributed by atoms with van der Waals surface area (Å²) in [6.45, 7) is 2.59. The molecule has 0 rings (SSSR count). The lowest BCUT2D eigenvalue weighted by molar-refractivity contribution is -0.153. The first-order chi connectivity index (χ1) is 8.01. The van der Waals surface area contributed by atoms with Crippen LogP contribution in [0.5, 0.6) is 0 Å². The molecule has 1 unspecified atom stereocenters. The Morgan fingerprint density at radius 2 is 2.06 bits per heavy atom. The van der Waals surface area contributed by atoms with Gasteiger partial charge in [-0.1, -0.05) is 6.08 Å². The molecule has 0 heterocycles. The van der Waals surface area contributed by atoms with E-state index in [2.05, 4.69) is 4.74 Å². The molecule has 0 saturated heterocycles. The topological polar surface area (TPSA) is 93.1 Å². The van der Waals surface area contributed by atoms with E-state index < -0.39 is 24.6 Å². The predicted octanol–water partition coefficient (Wildman–Crippen LogP) is -0.0941. The van der Waals surface area contributed by atoms with Gasteiger partial charge in [0.2, 0.25) is 0 Å². The minimum Gasteiger partial charge on any atom is -0.498 e. The predicted molar refractivity (Wildman–Crippen MR) is 58.7 cm³/mol. The van der Waals surface area contributed by atoms with Gasteiger partial charge in [0.1, 0.15) is 12.7 Å². The highest BCUT2D eigenvalue weighted by molar-refractivity contribution is 5.98. The molecule has 6 heteroatoms. The molecule has 96 valence electrons. The number of hydrogen-bond acceptors (Lipinski definition) is 6. The lowest BCUT2D eigenvalue weighted by Gasteiger charge is -2.05. The van der Waals surface area contributed by atoms with Crippen LogP contribution >= 0.6 is 0 Å². The number of carbonyl (C=O) groups excluding carboxylic acids is 2. The molecule has 6 nitrogen and oxygen atoms in total. The summed E-state index contributed by atoms with van der Waals surface area (Å²) >= 11 is 0. The summed E-state index contributed by atoms with van der Waals surface area (Å²) in [7, 11) is 0. The standard InChI is InChI=1S/C11H16O6/c1-3-8(2)11(15)17-10(14)4-5-16-7-9(13)6-12/h3-5,9,12-13H,6-7H2,1-2H3. The van der Waals surface area contributed by atoms with Gasteiger partial charge in [0.15, 0.2) is 0 Å². The Kier molecular flexibility index (Phi) is 7.66. The Morgan fingerprint density at radius 3 is 2.59 bits per heavy atom. The third kappa shape index (κ3) is 7.26. The summed E-state index contributed by atoms with van der Waals surface area (Å²) in [6.07, 6.45) is 2.40. The maximum Gasteiger partial charge on any atom is 0.341 e. The van der Waals surface area contributed by atoms with Crippen LogP contribution in [0.2, 0.25) is 0 Å². The van der Waals surface area contributed by atoms with E-state index in [1.54, 1.807) is 6.92 Å². The Balaban J connectivity index is 3.94. The first-order valence-corrected chi connectivity index (χ1v) is 4.97. The highest BCUT2D eigenvalue weighted by Crippen LogP contribution is 1.97. The van der Waals surface area contributed by atoms with Crippen LogP contribution in [0.25, 0.3) is 0 Å². The summed E-state index contributed by atoms with van der Waals surface area (Å²) in [5, 5.41) is 17.3. The van der Waals surface area contributed by atoms with Crippen molar-refractivity contribution in [1.29, 1.82) is 0 Å². The molecule has 17 heavy (non-hydrogen) atoms. The van der Waals surface area contributed by atoms with Crippen LogP contribution in [-0.4, -0.2) is 41.5 Å². The van der Waals surface area contributed by atoms with Crippen LogP contribution in [-0.2, 0) is 19.1 Å². The first-order valence-electron chi connectivity index (χ1n) is 4.97. The Hall–Kier alpha value is -1.66. The van der Waals surface area contributed by atoms with Crippen molar-refractivity contribution in [2.24, 2.45) is 0 Å². The van der Waals surface area contributed by atoms with E-state index >= 15 is 0 Å². The van der Waals surface area contributed by atoms with Gasteiger partial charge in [0.05, 0.1) is 18.9 Å². The van der Waals surface area contributed by atoms with Crippen molar-refractivity contribution < 1.29 is 29.3 Å². The van der Waals surface area contributed by atoms with Crippen molar-refractivity contribution in [3.8, 4) is 0 Å². The lowest BCUT2D eigenvalue weighted by Crippen LogP contribution is -2.18. The van der Waals surface area contributed by atoms with Crippen LogP contribution in [0.3, 0.4) is 0 Å². The molecule has 0 amide bonds. The summed E-state index contributed by atoms with van der Waals surface area (Å²) < 4.78 is 9.12. The zero-order chi connectivity index (χ0) is 13.3. The quantitative estimate of drug-likeness (QED) is 0.293. The molecule has 0 aromatic heterocycles. The molecule has 0 saturated carbocycles. The zero-order valence-electron chi connectivity index (χ0n) is 9.75. The third-order valence-corrected chi connectivity index (χ3v) is 1.75. The van der Waals surface area contributed by atoms with Gasteiger partial charge < -0.3 is 19.7 Å². The molecule has 0 aliphatic heterocycles. The normalized spacial score (nSPS) is 13.5. The number of allylic oxidation sites excluding steroid dienone is 1. The van der Waals surface area contributed by atoms with E-state index in [9.17, 15) is 9.59 Å². The molecule has 0 spiro atoms. The average Bonchev–Trinajstić information content (AvgIpc) is 2.32. The molecule has 1 atom stereocenters. The molecular formula is C11H16O6. The van der Waals surface area contributed by atoms with Crippen LogP contribution in [0, 0.1) is 0 Å². The lowest BCUT2D eigenvalue weighted by atomic mass is 10.3. The van der Waals surface area contributed by atoms with Gasteiger partial charge in [-0.05, 0) is 13.8 Å². The van der Waals surface area contributed by atoms with Crippen LogP contribution in [0.15, 0.2) is 24.0 Å². The van der Waals surface area contributed by atoms with E-state index in [1.165, 1.54) is 13.0 Å². The highest BCUT2D eigenvalue weighted by Gasteiger charge is 2.08. The van der Waals surface area contributed by atoms with Gasteiger partial charge in [-0.25, -0.2) is 9.59 Å². The van der Waals surface area contributed by atoms with Crippen molar-refractivity contribution in [1.82, 2.24) is 0 Å². The van der Waals surface area contributed by atoms with Crippen molar-refractivity contribution in [3.63, 3.8) is 0 Å². The minimum atomic E-state index is -1.01. The molecule has 0 bridgehead atoms. The molecule has 0 radical (unpaired) electrons. The van der Waals surface area contributed by atoms with Gasteiger partial charge in [-0.2, -0.15) is 0 Å². The molecule has 0 aromatic rings. The number of ether oxygens (including phenoxy) is 2. The van der Waals surface area contributed by atoms with E-state index in [0.29, 0.717) is 5.57 Å². The fraction of sp³-hybridized carbons (Fsp3) is 0.455. The number of esters is 2. The summed E-state index contributed by atoms with van der Waals surface area (Å²) in [6, 6.07) is 0. The molecule has 0 aromatic carbocycles. The number of carbonyl (C=O) groups is 2. The fourth-order valence-electron chi connectivity index (χ4n) is 0.647. The molecule has 0 aliphatic rings. The van der Waals surface area contributed by atoms with Gasteiger partial charge in [0.25, 0.3) is 0 Å². The van der Waals surface area contributed by atoms with Gasteiger partial charge in [-0.15, -0.1) is 0 Å². The first kappa shape index (κ1) is 15.3. The molecule has 0 fully saturated rings. The Bertz CT molecular complexity index is 318. The van der Waals surface area contributed by atoms with Crippen LogP contribution in [0.4, 0.5) is 0 Å². The van der Waals surface area contributed by atoms with E-state index in [-0.39, 0.29) is 6.61 Å². The SMILES string of the molecule is CC=C(C)C(=O)OC(=O)C=COCC(O)CO. The smallest absolute Gasteiger partial charge is 0.341 e. The van der Waals surface area contributed by atoms with Crippen molar-refractivity contribution in [2.45, 2.75) is 20.0 Å². The fourth-order valence-corrected chi connectivity index (χ4v) is 0.647. The van der Waals surface area contributed by atoms with Crippen LogP contribution in [0.1, 0.15) is 13.8 Å². The van der Waals surface area contributed by atoms with Gasteiger partial charge in [-0.3, -0.25) is 0 Å². The Morgan fingerprint density at radius 1 is 1.41 bits per heavy atom. The summed E-state index contributed by atoms with van der Waals surface area (Å²) in [4.78, 5) is 22.2. The van der Waals surface area contributed by atoms with Gasteiger partial charge >= 0.3 is 11.9 Å². The monoisotopic (exact) mass is 244 g/mol.